The molecule has 0 atom stereocenters. The lowest BCUT2D eigenvalue weighted by Crippen LogP contribution is -2.40. The molecule has 5 rings (SSSR count). The molecule has 0 bridgehead atoms. The number of aromatic nitrogens is 3. The lowest BCUT2D eigenvalue weighted by molar-refractivity contribution is 0.0730. The fraction of sp³-hybridized carbons (Fsp3) is 0.208. The highest BCUT2D eigenvalue weighted by Crippen LogP contribution is 2.31. The van der Waals surface area contributed by atoms with Crippen LogP contribution >= 0.6 is 23.2 Å². The maximum absolute atomic E-state index is 13.9. The monoisotopic (exact) mass is 581 g/mol. The second kappa shape index (κ2) is 10.5. The molecule has 1 aliphatic rings. The van der Waals surface area contributed by atoms with Gasteiger partial charge in [0.15, 0.2) is 5.65 Å². The number of morpholine rings is 1. The average molecular weight is 582 g/mol. The van der Waals surface area contributed by atoms with Gasteiger partial charge in [-0.15, -0.1) is 0 Å². The Bertz CT molecular complexity index is 1640. The molecule has 2 aromatic heterocycles. The third-order valence-corrected chi connectivity index (χ3v) is 8.52. The summed E-state index contributed by atoms with van der Waals surface area (Å²) < 4.78 is 61.2. The van der Waals surface area contributed by atoms with Crippen molar-refractivity contribution in [3.8, 4) is 11.3 Å². The zero-order valence-corrected chi connectivity index (χ0v) is 21.8. The third kappa shape index (κ3) is 5.09. The van der Waals surface area contributed by atoms with Gasteiger partial charge in [-0.3, -0.25) is 4.79 Å². The Morgan fingerprint density at radius 2 is 1.82 bits per heavy atom. The Morgan fingerprint density at radius 1 is 1.05 bits per heavy atom. The van der Waals surface area contributed by atoms with E-state index >= 15 is 0 Å². The van der Waals surface area contributed by atoms with Crippen molar-refractivity contribution in [1.82, 2.24) is 18.9 Å². The summed E-state index contributed by atoms with van der Waals surface area (Å²) in [6, 6.07) is 11.5. The minimum absolute atomic E-state index is 0.00270. The molecule has 0 unspecified atom stereocenters. The van der Waals surface area contributed by atoms with Crippen LogP contribution in [0.5, 0.6) is 0 Å². The zero-order chi connectivity index (χ0) is 27.0. The Labute approximate surface area is 226 Å². The maximum Gasteiger partial charge on any atom is 0.280 e. The van der Waals surface area contributed by atoms with E-state index in [4.69, 9.17) is 27.9 Å². The van der Waals surface area contributed by atoms with Crippen molar-refractivity contribution in [2.45, 2.75) is 11.3 Å². The number of ether oxygens (including phenoxy) is 1. The van der Waals surface area contributed by atoms with Gasteiger partial charge in [0, 0.05) is 24.3 Å². The molecule has 1 aliphatic heterocycles. The third-order valence-electron chi connectivity index (χ3n) is 5.88. The van der Waals surface area contributed by atoms with E-state index in [1.54, 1.807) is 6.07 Å². The molecule has 2 aromatic carbocycles. The number of alkyl halides is 2. The van der Waals surface area contributed by atoms with E-state index in [0.717, 1.165) is 16.8 Å². The Kier molecular flexibility index (Phi) is 7.34. The van der Waals surface area contributed by atoms with Crippen LogP contribution in [0, 0.1) is 0 Å². The first-order valence-corrected chi connectivity index (χ1v) is 13.5. The first-order valence-electron chi connectivity index (χ1n) is 11.3. The zero-order valence-electron chi connectivity index (χ0n) is 19.4. The van der Waals surface area contributed by atoms with Crippen molar-refractivity contribution in [2.75, 3.05) is 31.6 Å². The topological polar surface area (TPSA) is 106 Å². The van der Waals surface area contributed by atoms with Gasteiger partial charge in [-0.25, -0.2) is 26.7 Å². The van der Waals surface area contributed by atoms with Crippen LogP contribution in [0.25, 0.3) is 16.9 Å². The molecule has 3 heterocycles. The number of halogens is 4. The number of fused-ring (bicyclic) bond motifs is 1. The van der Waals surface area contributed by atoms with Gasteiger partial charge < -0.3 is 10.1 Å². The number of carbonyl (C=O) groups is 1. The highest BCUT2D eigenvalue weighted by Gasteiger charge is 2.27. The number of amides is 1. The smallest absolute Gasteiger partial charge is 0.280 e. The summed E-state index contributed by atoms with van der Waals surface area (Å²) in [5.74, 6) is -0.708. The normalized spacial score (nSPS) is 14.8. The summed E-state index contributed by atoms with van der Waals surface area (Å²) in [5, 5.41) is 7.05. The molecular formula is C24H19Cl2F2N5O4S. The fourth-order valence-corrected chi connectivity index (χ4v) is 5.73. The Hall–Kier alpha value is -3.16. The van der Waals surface area contributed by atoms with Crippen molar-refractivity contribution in [3.63, 3.8) is 0 Å². The summed E-state index contributed by atoms with van der Waals surface area (Å²) in [4.78, 5) is 17.6. The van der Waals surface area contributed by atoms with E-state index in [9.17, 15) is 22.0 Å². The van der Waals surface area contributed by atoms with Gasteiger partial charge in [-0.1, -0.05) is 35.3 Å². The molecule has 1 fully saturated rings. The molecule has 0 aliphatic carbocycles. The van der Waals surface area contributed by atoms with Gasteiger partial charge in [-0.2, -0.15) is 9.40 Å². The van der Waals surface area contributed by atoms with Crippen LogP contribution in [0.1, 0.15) is 22.5 Å². The van der Waals surface area contributed by atoms with Crippen molar-refractivity contribution in [1.29, 1.82) is 0 Å². The molecule has 38 heavy (non-hydrogen) atoms. The van der Waals surface area contributed by atoms with E-state index < -0.39 is 28.0 Å². The molecule has 0 spiro atoms. The number of anilines is 1. The van der Waals surface area contributed by atoms with Crippen LogP contribution in [0.4, 0.5) is 14.5 Å². The van der Waals surface area contributed by atoms with Gasteiger partial charge in [0.25, 0.3) is 12.3 Å². The standard InChI is InChI=1S/C24H19Cl2F2N5O4S/c25-18-5-4-14(10-19(18)26)20-12-21(22(27)28)33-23(31-20)17(13-29-33)24(34)30-15-2-1-3-16(11-15)38(35,36)32-6-8-37-9-7-32/h1-5,10-13,22H,6-9H2,(H,30,34). The molecule has 9 nitrogen and oxygen atoms in total. The van der Waals surface area contributed by atoms with E-state index in [1.807, 2.05) is 0 Å². The predicted octanol–water partition coefficient (Wildman–Crippen LogP) is 4.91. The molecule has 198 valence electrons. The van der Waals surface area contributed by atoms with E-state index in [1.165, 1.54) is 40.7 Å². The van der Waals surface area contributed by atoms with Crippen molar-refractivity contribution >= 4 is 50.5 Å². The molecule has 1 N–H and O–H groups in total. The Morgan fingerprint density at radius 3 is 2.53 bits per heavy atom. The number of benzene rings is 2. The average Bonchev–Trinajstić information content (AvgIpc) is 3.34. The second-order valence-electron chi connectivity index (χ2n) is 8.29. The molecule has 1 amide bonds. The molecule has 0 saturated carbocycles. The van der Waals surface area contributed by atoms with E-state index in [0.29, 0.717) is 18.8 Å². The SMILES string of the molecule is O=C(Nc1cccc(S(=O)(=O)N2CCOCC2)c1)c1cnn2c(C(F)F)cc(-c3ccc(Cl)c(Cl)c3)nc12. The van der Waals surface area contributed by atoms with Gasteiger partial charge in [-0.05, 0) is 36.4 Å². The predicted molar refractivity (Wildman–Crippen MR) is 137 cm³/mol. The van der Waals surface area contributed by atoms with Gasteiger partial charge in [0.1, 0.15) is 11.3 Å². The molecule has 4 aromatic rings. The number of hydrogen-bond donors (Lipinski definition) is 1. The lowest BCUT2D eigenvalue weighted by atomic mass is 10.1. The van der Waals surface area contributed by atoms with Crippen LogP contribution in [-0.4, -0.2) is 59.5 Å². The fourth-order valence-electron chi connectivity index (χ4n) is 3.97. The maximum atomic E-state index is 13.9. The Balaban J connectivity index is 1.49. The van der Waals surface area contributed by atoms with Gasteiger partial charge in [0.2, 0.25) is 10.0 Å². The summed E-state index contributed by atoms with van der Waals surface area (Å²) in [6.45, 7) is 1.03. The highest BCUT2D eigenvalue weighted by atomic mass is 35.5. The summed E-state index contributed by atoms with van der Waals surface area (Å²) >= 11 is 12.1. The minimum Gasteiger partial charge on any atom is -0.379 e. The van der Waals surface area contributed by atoms with Crippen LogP contribution in [0.15, 0.2) is 59.6 Å². The number of rotatable bonds is 6. The van der Waals surface area contributed by atoms with Gasteiger partial charge >= 0.3 is 0 Å². The van der Waals surface area contributed by atoms with Crippen molar-refractivity contribution in [2.24, 2.45) is 0 Å². The first kappa shape index (κ1) is 26.4. The lowest BCUT2D eigenvalue weighted by Gasteiger charge is -2.26. The molecule has 1 saturated heterocycles. The molecule has 14 heteroatoms. The number of hydrogen-bond acceptors (Lipinski definition) is 6. The van der Waals surface area contributed by atoms with Crippen molar-refractivity contribution < 1.29 is 26.7 Å². The number of carbonyl (C=O) groups excluding carboxylic acids is 1. The first-order chi connectivity index (χ1) is 18.1. The van der Waals surface area contributed by atoms with Gasteiger partial charge in [0.05, 0.1) is 40.0 Å². The van der Waals surface area contributed by atoms with Crippen LogP contribution in [0.3, 0.4) is 0 Å². The van der Waals surface area contributed by atoms with Crippen LogP contribution in [0.2, 0.25) is 10.0 Å². The summed E-state index contributed by atoms with van der Waals surface area (Å²) in [7, 11) is -3.80. The molecule has 0 radical (unpaired) electrons. The molecular weight excluding hydrogens is 563 g/mol. The highest BCUT2D eigenvalue weighted by molar-refractivity contribution is 7.89. The van der Waals surface area contributed by atoms with Crippen molar-refractivity contribution in [3.05, 3.63) is 76.0 Å². The van der Waals surface area contributed by atoms with E-state index in [2.05, 4.69) is 15.4 Å². The van der Waals surface area contributed by atoms with Crippen LogP contribution < -0.4 is 5.32 Å². The minimum atomic E-state index is -3.80. The second-order valence-corrected chi connectivity index (χ2v) is 11.0. The number of nitrogens with zero attached hydrogens (tertiary/aromatic N) is 4. The quantitative estimate of drug-likeness (QED) is 0.346. The number of nitrogens with one attached hydrogen (secondary N) is 1. The number of sulfonamides is 1. The largest absolute Gasteiger partial charge is 0.379 e. The summed E-state index contributed by atoms with van der Waals surface area (Å²) in [6.07, 6.45) is -1.80. The summed E-state index contributed by atoms with van der Waals surface area (Å²) in [5.41, 5.74) is 0.0674. The van der Waals surface area contributed by atoms with E-state index in [-0.39, 0.29) is 50.6 Å². The van der Waals surface area contributed by atoms with Crippen LogP contribution in [-0.2, 0) is 14.8 Å².